The molecule has 1 atom stereocenters. The average molecular weight is 234 g/mol. The molecule has 0 saturated heterocycles. The van der Waals surface area contributed by atoms with Gasteiger partial charge in [-0.25, -0.2) is 9.37 Å². The predicted octanol–water partition coefficient (Wildman–Crippen LogP) is 1.60. The van der Waals surface area contributed by atoms with Gasteiger partial charge < -0.3 is 9.88 Å². The normalized spacial score (nSPS) is 12.6. The molecule has 4 nitrogen and oxygen atoms in total. The van der Waals surface area contributed by atoms with E-state index in [1.165, 1.54) is 12.3 Å². The Labute approximate surface area is 99.5 Å². The molecule has 0 amide bonds. The number of imidazole rings is 1. The van der Waals surface area contributed by atoms with E-state index in [4.69, 9.17) is 0 Å². The van der Waals surface area contributed by atoms with Gasteiger partial charge in [0.05, 0.1) is 12.5 Å². The number of nitrogens with zero attached hydrogens (tertiary/aromatic N) is 3. The van der Waals surface area contributed by atoms with Gasteiger partial charge in [0, 0.05) is 37.7 Å². The van der Waals surface area contributed by atoms with Crippen LogP contribution in [-0.2, 0) is 13.1 Å². The first-order valence-electron chi connectivity index (χ1n) is 5.52. The molecule has 0 aromatic carbocycles. The van der Waals surface area contributed by atoms with Crippen molar-refractivity contribution in [3.05, 3.63) is 48.6 Å². The van der Waals surface area contributed by atoms with E-state index >= 15 is 0 Å². The van der Waals surface area contributed by atoms with Crippen LogP contribution in [0.15, 0.2) is 37.2 Å². The highest BCUT2D eigenvalue weighted by molar-refractivity contribution is 5.09. The Morgan fingerprint density at radius 1 is 1.41 bits per heavy atom. The van der Waals surface area contributed by atoms with Crippen molar-refractivity contribution in [1.29, 1.82) is 0 Å². The van der Waals surface area contributed by atoms with Crippen LogP contribution in [0.3, 0.4) is 0 Å². The molecule has 0 fully saturated rings. The van der Waals surface area contributed by atoms with Crippen molar-refractivity contribution in [3.63, 3.8) is 0 Å². The summed E-state index contributed by atoms with van der Waals surface area (Å²) in [4.78, 5) is 7.79. The summed E-state index contributed by atoms with van der Waals surface area (Å²) in [6.45, 7) is 3.52. The standard InChI is InChI=1S/C12H15FN4/c1-10(8-17-3-2-14-9-17)16-6-11-4-12(13)7-15-5-11/h2-5,7,9-10,16H,6,8H2,1H3. The second-order valence-electron chi connectivity index (χ2n) is 4.05. The first kappa shape index (κ1) is 11.7. The van der Waals surface area contributed by atoms with Crippen LogP contribution < -0.4 is 5.32 Å². The fourth-order valence-electron chi connectivity index (χ4n) is 1.62. The summed E-state index contributed by atoms with van der Waals surface area (Å²) in [6, 6.07) is 1.77. The van der Waals surface area contributed by atoms with Crippen molar-refractivity contribution in [1.82, 2.24) is 19.9 Å². The lowest BCUT2D eigenvalue weighted by Crippen LogP contribution is -2.29. The second kappa shape index (κ2) is 5.54. The van der Waals surface area contributed by atoms with Crippen LogP contribution in [0.4, 0.5) is 4.39 Å². The Morgan fingerprint density at radius 3 is 3.00 bits per heavy atom. The van der Waals surface area contributed by atoms with Crippen LogP contribution in [-0.4, -0.2) is 20.6 Å². The Balaban J connectivity index is 1.82. The van der Waals surface area contributed by atoms with Crippen LogP contribution >= 0.6 is 0 Å². The third kappa shape index (κ3) is 3.64. The zero-order chi connectivity index (χ0) is 12.1. The summed E-state index contributed by atoms with van der Waals surface area (Å²) in [5.74, 6) is -0.299. The topological polar surface area (TPSA) is 42.7 Å². The van der Waals surface area contributed by atoms with Crippen LogP contribution in [0.1, 0.15) is 12.5 Å². The predicted molar refractivity (Wildman–Crippen MR) is 62.7 cm³/mol. The molecule has 0 aliphatic heterocycles. The van der Waals surface area contributed by atoms with Crippen LogP contribution in [0, 0.1) is 5.82 Å². The Kier molecular flexibility index (Phi) is 3.82. The van der Waals surface area contributed by atoms with E-state index in [0.717, 1.165) is 12.1 Å². The lowest BCUT2D eigenvalue weighted by atomic mass is 10.2. The molecule has 0 bridgehead atoms. The van der Waals surface area contributed by atoms with E-state index in [2.05, 4.69) is 22.2 Å². The molecular weight excluding hydrogens is 219 g/mol. The number of aromatic nitrogens is 3. The molecule has 0 aliphatic carbocycles. The van der Waals surface area contributed by atoms with Gasteiger partial charge in [-0.2, -0.15) is 0 Å². The highest BCUT2D eigenvalue weighted by atomic mass is 19.1. The van der Waals surface area contributed by atoms with Crippen molar-refractivity contribution in [2.75, 3.05) is 0 Å². The highest BCUT2D eigenvalue weighted by Crippen LogP contribution is 2.01. The molecule has 90 valence electrons. The first-order valence-corrected chi connectivity index (χ1v) is 5.52. The number of nitrogens with one attached hydrogen (secondary N) is 1. The average Bonchev–Trinajstić information content (AvgIpc) is 2.79. The minimum absolute atomic E-state index is 0.285. The fraction of sp³-hybridized carbons (Fsp3) is 0.333. The number of halogens is 1. The molecule has 0 spiro atoms. The zero-order valence-corrected chi connectivity index (χ0v) is 9.68. The SMILES string of the molecule is CC(Cn1ccnc1)NCc1cncc(F)c1. The second-order valence-corrected chi connectivity index (χ2v) is 4.05. The molecule has 1 N–H and O–H groups in total. The number of hydrogen-bond acceptors (Lipinski definition) is 3. The van der Waals surface area contributed by atoms with E-state index in [-0.39, 0.29) is 11.9 Å². The lowest BCUT2D eigenvalue weighted by molar-refractivity contribution is 0.474. The molecule has 0 radical (unpaired) electrons. The minimum Gasteiger partial charge on any atom is -0.336 e. The monoisotopic (exact) mass is 234 g/mol. The molecule has 0 saturated carbocycles. The van der Waals surface area contributed by atoms with Crippen LogP contribution in [0.25, 0.3) is 0 Å². The van der Waals surface area contributed by atoms with Crippen molar-refractivity contribution < 1.29 is 4.39 Å². The Bertz CT molecular complexity index is 455. The summed E-state index contributed by atoms with van der Waals surface area (Å²) < 4.78 is 14.9. The summed E-state index contributed by atoms with van der Waals surface area (Å²) in [5.41, 5.74) is 0.850. The molecule has 2 aromatic rings. The van der Waals surface area contributed by atoms with E-state index in [0.29, 0.717) is 6.54 Å². The van der Waals surface area contributed by atoms with Gasteiger partial charge in [-0.3, -0.25) is 4.98 Å². The number of rotatable bonds is 5. The van der Waals surface area contributed by atoms with Gasteiger partial charge in [0.25, 0.3) is 0 Å². The maximum atomic E-state index is 12.9. The van der Waals surface area contributed by atoms with Gasteiger partial charge in [-0.1, -0.05) is 0 Å². The van der Waals surface area contributed by atoms with E-state index in [9.17, 15) is 4.39 Å². The molecule has 2 rings (SSSR count). The third-order valence-corrected chi connectivity index (χ3v) is 2.46. The minimum atomic E-state index is -0.299. The maximum Gasteiger partial charge on any atom is 0.141 e. The Morgan fingerprint density at radius 2 is 2.29 bits per heavy atom. The number of pyridine rings is 1. The van der Waals surface area contributed by atoms with Gasteiger partial charge in [0.2, 0.25) is 0 Å². The van der Waals surface area contributed by atoms with Gasteiger partial charge in [-0.15, -0.1) is 0 Å². The molecule has 17 heavy (non-hydrogen) atoms. The molecular formula is C12H15FN4. The van der Waals surface area contributed by atoms with E-state index in [1.807, 2.05) is 10.8 Å². The number of hydrogen-bond donors (Lipinski definition) is 1. The van der Waals surface area contributed by atoms with Crippen LogP contribution in [0.5, 0.6) is 0 Å². The fourth-order valence-corrected chi connectivity index (χ4v) is 1.62. The summed E-state index contributed by atoms with van der Waals surface area (Å²) in [5, 5.41) is 3.31. The van der Waals surface area contributed by atoms with Gasteiger partial charge >= 0.3 is 0 Å². The van der Waals surface area contributed by atoms with Crippen molar-refractivity contribution in [2.24, 2.45) is 0 Å². The summed E-state index contributed by atoms with van der Waals surface area (Å²) >= 11 is 0. The van der Waals surface area contributed by atoms with Crippen LogP contribution in [0.2, 0.25) is 0 Å². The summed E-state index contributed by atoms with van der Waals surface area (Å²) in [6.07, 6.45) is 8.32. The van der Waals surface area contributed by atoms with Gasteiger partial charge in [0.1, 0.15) is 5.82 Å². The highest BCUT2D eigenvalue weighted by Gasteiger charge is 2.03. The van der Waals surface area contributed by atoms with E-state index < -0.39 is 0 Å². The quantitative estimate of drug-likeness (QED) is 0.854. The molecule has 2 heterocycles. The van der Waals surface area contributed by atoms with Gasteiger partial charge in [0.15, 0.2) is 0 Å². The third-order valence-electron chi connectivity index (χ3n) is 2.46. The molecule has 5 heteroatoms. The Hall–Kier alpha value is -1.75. The molecule has 2 aromatic heterocycles. The van der Waals surface area contributed by atoms with Crippen molar-refractivity contribution in [2.45, 2.75) is 26.1 Å². The van der Waals surface area contributed by atoms with Gasteiger partial charge in [-0.05, 0) is 18.6 Å². The van der Waals surface area contributed by atoms with E-state index in [1.54, 1.807) is 18.7 Å². The zero-order valence-electron chi connectivity index (χ0n) is 9.68. The smallest absolute Gasteiger partial charge is 0.141 e. The van der Waals surface area contributed by atoms with Crippen molar-refractivity contribution in [3.8, 4) is 0 Å². The largest absolute Gasteiger partial charge is 0.336 e. The molecule has 0 aliphatic rings. The lowest BCUT2D eigenvalue weighted by Gasteiger charge is -2.14. The molecule has 1 unspecified atom stereocenters. The maximum absolute atomic E-state index is 12.9. The summed E-state index contributed by atoms with van der Waals surface area (Å²) in [7, 11) is 0. The van der Waals surface area contributed by atoms with Crippen molar-refractivity contribution >= 4 is 0 Å². The first-order chi connectivity index (χ1) is 8.24.